The van der Waals surface area contributed by atoms with Crippen LogP contribution in [0.1, 0.15) is 56.4 Å². The molecule has 0 saturated heterocycles. The average molecular weight is 325 g/mol. The number of Topliss-reactive ketones (excluding diaryl/α,β-unsaturated/α-hetero) is 1. The van der Waals surface area contributed by atoms with Crippen LogP contribution in [0.2, 0.25) is 0 Å². The van der Waals surface area contributed by atoms with Crippen molar-refractivity contribution in [2.24, 2.45) is 0 Å². The summed E-state index contributed by atoms with van der Waals surface area (Å²) in [7, 11) is 0. The van der Waals surface area contributed by atoms with E-state index >= 15 is 0 Å². The molecule has 0 aliphatic heterocycles. The van der Waals surface area contributed by atoms with Crippen molar-refractivity contribution in [2.45, 2.75) is 41.2 Å². The Kier molecular flexibility index (Phi) is 15.5. The van der Waals surface area contributed by atoms with Crippen molar-refractivity contribution in [3.05, 3.63) is 47.6 Å². The molecule has 0 spiro atoms. The minimum Gasteiger partial charge on any atom is -1.00 e. The van der Waals surface area contributed by atoms with Crippen molar-refractivity contribution in [1.82, 2.24) is 19.9 Å². The standard InChI is InChI=1S/C7H10N2O.C7H8N2O.CH4.B.Na.H/c2*1-5(10)7-3-8-6(2)9-4-7;;;;/h3-5,10H,1-2H3;3-4H,1-2H3;1H4;;;/q;;;;+1;-1. The van der Waals surface area contributed by atoms with Crippen LogP contribution in [0.3, 0.4) is 0 Å². The molecule has 23 heavy (non-hydrogen) atoms. The van der Waals surface area contributed by atoms with E-state index in [2.05, 4.69) is 19.9 Å². The van der Waals surface area contributed by atoms with Gasteiger partial charge in [-0.3, -0.25) is 4.79 Å². The maximum Gasteiger partial charge on any atom is 1.00 e. The Morgan fingerprint density at radius 1 is 1.04 bits per heavy atom. The summed E-state index contributed by atoms with van der Waals surface area (Å²) in [6.45, 7) is 6.78. The maximum absolute atomic E-state index is 10.7. The second-order valence-corrected chi connectivity index (χ2v) is 4.31. The molecular formula is C15H23BN4NaO2. The fourth-order valence-corrected chi connectivity index (χ4v) is 1.19. The number of nitrogens with zero attached hydrogens (tertiary/aromatic N) is 4. The van der Waals surface area contributed by atoms with Gasteiger partial charge in [0, 0.05) is 38.8 Å². The minimum atomic E-state index is -0.472. The Morgan fingerprint density at radius 2 is 1.39 bits per heavy atom. The Morgan fingerprint density at radius 3 is 1.70 bits per heavy atom. The van der Waals surface area contributed by atoms with E-state index in [0.717, 1.165) is 11.4 Å². The van der Waals surface area contributed by atoms with E-state index in [1.165, 1.54) is 19.3 Å². The zero-order valence-electron chi connectivity index (χ0n) is 14.6. The van der Waals surface area contributed by atoms with E-state index in [0.29, 0.717) is 11.4 Å². The number of rotatable bonds is 2. The number of aromatic nitrogens is 4. The van der Waals surface area contributed by atoms with Gasteiger partial charge in [-0.1, -0.05) is 7.43 Å². The topological polar surface area (TPSA) is 88.9 Å². The molecule has 2 aromatic heterocycles. The zero-order chi connectivity index (χ0) is 15.1. The monoisotopic (exact) mass is 325 g/mol. The third kappa shape index (κ3) is 10.3. The van der Waals surface area contributed by atoms with Gasteiger partial charge in [0.05, 0.1) is 11.7 Å². The fourth-order valence-electron chi connectivity index (χ4n) is 1.19. The third-order valence-corrected chi connectivity index (χ3v) is 2.47. The van der Waals surface area contributed by atoms with Crippen molar-refractivity contribution in [3.63, 3.8) is 0 Å². The van der Waals surface area contributed by atoms with Gasteiger partial charge in [0.25, 0.3) is 0 Å². The minimum absolute atomic E-state index is 0. The molecule has 0 aliphatic rings. The van der Waals surface area contributed by atoms with E-state index in [1.54, 1.807) is 26.2 Å². The number of aliphatic hydroxyl groups is 1. The van der Waals surface area contributed by atoms with Gasteiger partial charge in [-0.05, 0) is 27.7 Å². The first kappa shape index (κ1) is 26.7. The molecule has 1 unspecified atom stereocenters. The Labute approximate surface area is 163 Å². The number of aryl methyl sites for hydroxylation is 2. The van der Waals surface area contributed by atoms with Crippen LogP contribution in [0.25, 0.3) is 0 Å². The van der Waals surface area contributed by atoms with Gasteiger partial charge in [-0.15, -0.1) is 0 Å². The number of hydrogen-bond donors (Lipinski definition) is 1. The van der Waals surface area contributed by atoms with Gasteiger partial charge in [0.2, 0.25) is 0 Å². The second-order valence-electron chi connectivity index (χ2n) is 4.31. The summed E-state index contributed by atoms with van der Waals surface area (Å²) in [6, 6.07) is 0. The molecule has 2 rings (SSSR count). The van der Waals surface area contributed by atoms with E-state index in [-0.39, 0.29) is 52.6 Å². The van der Waals surface area contributed by atoms with Crippen LogP contribution in [0.15, 0.2) is 24.8 Å². The smallest absolute Gasteiger partial charge is 1.00 e. The molecule has 1 N–H and O–H groups in total. The summed E-state index contributed by atoms with van der Waals surface area (Å²) in [5.41, 5.74) is 1.32. The normalized spacial score (nSPS) is 9.78. The molecule has 2 aromatic rings. The number of aliphatic hydroxyl groups excluding tert-OH is 1. The van der Waals surface area contributed by atoms with Crippen LogP contribution in [0.5, 0.6) is 0 Å². The van der Waals surface area contributed by atoms with E-state index in [1.807, 2.05) is 6.92 Å². The molecule has 1 atom stereocenters. The zero-order valence-corrected chi connectivity index (χ0v) is 15.6. The molecule has 0 aromatic carbocycles. The van der Waals surface area contributed by atoms with Crippen LogP contribution >= 0.6 is 0 Å². The van der Waals surface area contributed by atoms with Gasteiger partial charge in [0.1, 0.15) is 11.6 Å². The second kappa shape index (κ2) is 13.3. The van der Waals surface area contributed by atoms with Gasteiger partial charge in [-0.2, -0.15) is 0 Å². The average Bonchev–Trinajstić information content (AvgIpc) is 2.40. The molecule has 2 heterocycles. The first-order valence-electron chi connectivity index (χ1n) is 6.16. The quantitative estimate of drug-likeness (QED) is 0.574. The summed E-state index contributed by atoms with van der Waals surface area (Å²) >= 11 is 0. The summed E-state index contributed by atoms with van der Waals surface area (Å²) in [4.78, 5) is 26.3. The van der Waals surface area contributed by atoms with Gasteiger partial charge >= 0.3 is 29.6 Å². The largest absolute Gasteiger partial charge is 1.00 e. The first-order chi connectivity index (χ1) is 9.40. The summed E-state index contributed by atoms with van der Waals surface area (Å²) in [6.07, 6.45) is 5.86. The number of carbonyl (C=O) groups excluding carboxylic acids is 1. The van der Waals surface area contributed by atoms with Gasteiger partial charge in [0.15, 0.2) is 5.78 Å². The molecule has 8 heteroatoms. The fraction of sp³-hybridized carbons (Fsp3) is 0.400. The predicted molar refractivity (Wildman–Crippen MR) is 87.8 cm³/mol. The Balaban J connectivity index is -0.000000143. The molecule has 6 nitrogen and oxygen atoms in total. The Hall–Kier alpha value is -1.15. The van der Waals surface area contributed by atoms with Crippen molar-refractivity contribution >= 4 is 14.2 Å². The number of carbonyl (C=O) groups is 1. The van der Waals surface area contributed by atoms with Crippen LogP contribution < -0.4 is 29.6 Å². The molecule has 3 radical (unpaired) electrons. The third-order valence-electron chi connectivity index (χ3n) is 2.47. The van der Waals surface area contributed by atoms with E-state index < -0.39 is 6.10 Å². The van der Waals surface area contributed by atoms with Crippen LogP contribution in [-0.4, -0.2) is 39.2 Å². The SMILES string of the molecule is C.CC(=O)c1cnc(C)nc1.Cc1ncc(C(C)O)cn1.[B].[H-].[Na+]. The van der Waals surface area contributed by atoms with Crippen LogP contribution in [0.4, 0.5) is 0 Å². The molecule has 0 fully saturated rings. The van der Waals surface area contributed by atoms with E-state index in [9.17, 15) is 4.79 Å². The molecule has 119 valence electrons. The Bertz CT molecular complexity index is 569. The molecular weight excluding hydrogens is 302 g/mol. The number of ketones is 1. The molecule has 0 saturated carbocycles. The first-order valence-corrected chi connectivity index (χ1v) is 6.16. The molecule has 0 bridgehead atoms. The van der Waals surface area contributed by atoms with Crippen molar-refractivity contribution < 1.29 is 40.9 Å². The van der Waals surface area contributed by atoms with Crippen LogP contribution in [0, 0.1) is 13.8 Å². The molecule has 0 amide bonds. The van der Waals surface area contributed by atoms with Gasteiger partial charge in [-0.25, -0.2) is 19.9 Å². The van der Waals surface area contributed by atoms with Crippen molar-refractivity contribution in [2.75, 3.05) is 0 Å². The summed E-state index contributed by atoms with van der Waals surface area (Å²) in [5.74, 6) is 1.41. The summed E-state index contributed by atoms with van der Waals surface area (Å²) in [5, 5.41) is 9.03. The van der Waals surface area contributed by atoms with Crippen molar-refractivity contribution in [1.29, 1.82) is 0 Å². The number of hydrogen-bond acceptors (Lipinski definition) is 6. The predicted octanol–water partition coefficient (Wildman–Crippen LogP) is -0.802. The van der Waals surface area contributed by atoms with Crippen molar-refractivity contribution in [3.8, 4) is 0 Å². The molecule has 0 aliphatic carbocycles. The van der Waals surface area contributed by atoms with E-state index in [4.69, 9.17) is 5.11 Å². The maximum atomic E-state index is 10.7. The summed E-state index contributed by atoms with van der Waals surface area (Å²) < 4.78 is 0. The van der Waals surface area contributed by atoms with Crippen LogP contribution in [-0.2, 0) is 0 Å². The van der Waals surface area contributed by atoms with Gasteiger partial charge < -0.3 is 6.53 Å².